The van der Waals surface area contributed by atoms with Crippen LogP contribution in [0.3, 0.4) is 0 Å². The summed E-state index contributed by atoms with van der Waals surface area (Å²) in [7, 11) is 0. The number of piperazine rings is 1. The fraction of sp³-hybridized carbons (Fsp3) is 0.400. The summed E-state index contributed by atoms with van der Waals surface area (Å²) in [5, 5.41) is 5.02. The minimum absolute atomic E-state index is 0.291. The highest BCUT2D eigenvalue weighted by Crippen LogP contribution is 2.37. The normalized spacial score (nSPS) is 20.8. The van der Waals surface area contributed by atoms with E-state index in [1.54, 1.807) is 0 Å². The van der Waals surface area contributed by atoms with Crippen LogP contribution in [0.25, 0.3) is 11.3 Å². The Bertz CT molecular complexity index is 1060. The first kappa shape index (κ1) is 18.9. The molecular weight excluding hydrogens is 388 g/mol. The molecule has 0 bridgehead atoms. The fourth-order valence-electron chi connectivity index (χ4n) is 5.16. The van der Waals surface area contributed by atoms with E-state index < -0.39 is 0 Å². The Morgan fingerprint density at radius 2 is 1.84 bits per heavy atom. The molecule has 1 atom stereocenters. The minimum Gasteiger partial charge on any atom is -0.454 e. The van der Waals surface area contributed by atoms with E-state index >= 15 is 0 Å². The lowest BCUT2D eigenvalue weighted by Crippen LogP contribution is -2.49. The van der Waals surface area contributed by atoms with Gasteiger partial charge in [-0.05, 0) is 43.1 Å². The Morgan fingerprint density at radius 1 is 0.935 bits per heavy atom. The molecule has 2 aromatic carbocycles. The summed E-state index contributed by atoms with van der Waals surface area (Å²) in [6.07, 6.45) is 4.91. The summed E-state index contributed by atoms with van der Waals surface area (Å²) in [6, 6.07) is 17.4. The van der Waals surface area contributed by atoms with Crippen molar-refractivity contribution < 1.29 is 9.47 Å². The van der Waals surface area contributed by atoms with Crippen molar-refractivity contribution in [3.8, 4) is 22.8 Å². The second-order valence-electron chi connectivity index (χ2n) is 8.82. The van der Waals surface area contributed by atoms with Gasteiger partial charge in [0.15, 0.2) is 11.5 Å². The summed E-state index contributed by atoms with van der Waals surface area (Å²) < 4.78 is 13.2. The zero-order valence-corrected chi connectivity index (χ0v) is 17.7. The molecule has 2 fully saturated rings. The molecule has 3 aliphatic heterocycles. The predicted molar refractivity (Wildman–Crippen MR) is 119 cm³/mol. The first-order valence-electron chi connectivity index (χ1n) is 11.3. The lowest BCUT2D eigenvalue weighted by atomic mass is 10.1. The maximum absolute atomic E-state index is 5.63. The molecule has 160 valence electrons. The van der Waals surface area contributed by atoms with E-state index in [1.807, 2.05) is 6.07 Å². The number of ether oxygens (including phenoxy) is 2. The molecule has 3 aromatic rings. The van der Waals surface area contributed by atoms with Gasteiger partial charge in [0.2, 0.25) is 6.79 Å². The Morgan fingerprint density at radius 3 is 2.77 bits per heavy atom. The molecular formula is C25H28N4O2. The molecule has 6 heteroatoms. The van der Waals surface area contributed by atoms with E-state index in [4.69, 9.17) is 14.6 Å². The number of hydrogen-bond acceptors (Lipinski definition) is 5. The standard InChI is InChI=1S/C25H28N4O2/c1-2-5-19(6-3-1)14-29-16-21(15-27-11-12-28-10-4-7-22(28)17-27)25(26-29)20-8-9-23-24(13-20)31-18-30-23/h1-3,5-6,8-9,13,16,22H,4,7,10-12,14-15,17-18H2/t22-/m0/s1. The van der Waals surface area contributed by atoms with Crippen molar-refractivity contribution in [2.75, 3.05) is 33.0 Å². The molecule has 0 radical (unpaired) electrons. The maximum atomic E-state index is 5.63. The molecule has 0 saturated carbocycles. The van der Waals surface area contributed by atoms with Crippen molar-refractivity contribution >= 4 is 0 Å². The quantitative estimate of drug-likeness (QED) is 0.636. The van der Waals surface area contributed by atoms with Crippen LogP contribution in [0, 0.1) is 0 Å². The van der Waals surface area contributed by atoms with Gasteiger partial charge in [0.05, 0.1) is 12.2 Å². The van der Waals surface area contributed by atoms with E-state index in [9.17, 15) is 0 Å². The first-order chi connectivity index (χ1) is 15.3. The molecule has 31 heavy (non-hydrogen) atoms. The van der Waals surface area contributed by atoms with Crippen LogP contribution in [0.2, 0.25) is 0 Å². The van der Waals surface area contributed by atoms with Crippen molar-refractivity contribution in [2.24, 2.45) is 0 Å². The molecule has 0 spiro atoms. The van der Waals surface area contributed by atoms with Gasteiger partial charge >= 0.3 is 0 Å². The van der Waals surface area contributed by atoms with Crippen molar-refractivity contribution in [1.82, 2.24) is 19.6 Å². The Balaban J connectivity index is 1.30. The molecule has 4 heterocycles. The third-order valence-electron chi connectivity index (χ3n) is 6.74. The highest BCUT2D eigenvalue weighted by molar-refractivity contribution is 5.67. The van der Waals surface area contributed by atoms with Gasteiger partial charge in [-0.15, -0.1) is 0 Å². The van der Waals surface area contributed by atoms with E-state index in [2.05, 4.69) is 63.1 Å². The smallest absolute Gasteiger partial charge is 0.231 e. The summed E-state index contributed by atoms with van der Waals surface area (Å²) >= 11 is 0. The topological polar surface area (TPSA) is 42.8 Å². The third-order valence-corrected chi connectivity index (χ3v) is 6.74. The molecule has 2 saturated heterocycles. The summed E-state index contributed by atoms with van der Waals surface area (Å²) in [6.45, 7) is 6.74. The number of benzene rings is 2. The third kappa shape index (κ3) is 3.82. The van der Waals surface area contributed by atoms with Crippen molar-refractivity contribution in [1.29, 1.82) is 0 Å². The van der Waals surface area contributed by atoms with Crippen LogP contribution in [0.1, 0.15) is 24.0 Å². The summed E-state index contributed by atoms with van der Waals surface area (Å²) in [5.74, 6) is 1.62. The summed E-state index contributed by atoms with van der Waals surface area (Å²) in [4.78, 5) is 5.26. The van der Waals surface area contributed by atoms with Crippen LogP contribution in [0.15, 0.2) is 54.7 Å². The van der Waals surface area contributed by atoms with Crippen molar-refractivity contribution in [3.05, 3.63) is 65.9 Å². The van der Waals surface area contributed by atoms with E-state index in [0.717, 1.165) is 55.0 Å². The lowest BCUT2D eigenvalue weighted by molar-refractivity contribution is 0.0995. The fourth-order valence-corrected chi connectivity index (χ4v) is 5.16. The summed E-state index contributed by atoms with van der Waals surface area (Å²) in [5.41, 5.74) is 4.67. The van der Waals surface area contributed by atoms with Crippen LogP contribution in [-0.4, -0.2) is 58.6 Å². The van der Waals surface area contributed by atoms with Crippen LogP contribution < -0.4 is 9.47 Å². The monoisotopic (exact) mass is 416 g/mol. The lowest BCUT2D eigenvalue weighted by Gasteiger charge is -2.37. The van der Waals surface area contributed by atoms with Crippen LogP contribution in [0.5, 0.6) is 11.5 Å². The van der Waals surface area contributed by atoms with Gasteiger partial charge in [0.25, 0.3) is 0 Å². The average molecular weight is 417 g/mol. The molecule has 0 aliphatic carbocycles. The van der Waals surface area contributed by atoms with E-state index in [-0.39, 0.29) is 0 Å². The Kier molecular flexibility index (Phi) is 4.89. The molecule has 0 amide bonds. The van der Waals surface area contributed by atoms with Crippen molar-refractivity contribution in [3.63, 3.8) is 0 Å². The van der Waals surface area contributed by atoms with Gasteiger partial charge in [-0.2, -0.15) is 5.10 Å². The molecule has 0 N–H and O–H groups in total. The van der Waals surface area contributed by atoms with Gasteiger partial charge < -0.3 is 9.47 Å². The van der Waals surface area contributed by atoms with Crippen LogP contribution in [-0.2, 0) is 13.1 Å². The Hall–Kier alpha value is -2.83. The zero-order valence-electron chi connectivity index (χ0n) is 17.7. The van der Waals surface area contributed by atoms with Crippen molar-refractivity contribution in [2.45, 2.75) is 32.0 Å². The maximum Gasteiger partial charge on any atom is 0.231 e. The average Bonchev–Trinajstić information content (AvgIpc) is 3.53. The second-order valence-corrected chi connectivity index (χ2v) is 8.82. The van der Waals surface area contributed by atoms with Gasteiger partial charge in [-0.25, -0.2) is 0 Å². The number of fused-ring (bicyclic) bond motifs is 2. The van der Waals surface area contributed by atoms with Crippen LogP contribution >= 0.6 is 0 Å². The predicted octanol–water partition coefficient (Wildman–Crippen LogP) is 3.61. The molecule has 3 aliphatic rings. The number of hydrogen-bond donors (Lipinski definition) is 0. The van der Waals surface area contributed by atoms with Gasteiger partial charge in [-0.3, -0.25) is 14.5 Å². The number of aromatic nitrogens is 2. The molecule has 6 nitrogen and oxygen atoms in total. The number of nitrogens with zero attached hydrogens (tertiary/aromatic N) is 4. The molecule has 0 unspecified atom stereocenters. The largest absolute Gasteiger partial charge is 0.454 e. The highest BCUT2D eigenvalue weighted by atomic mass is 16.7. The van der Waals surface area contributed by atoms with E-state index in [0.29, 0.717) is 6.79 Å². The van der Waals surface area contributed by atoms with Crippen LogP contribution in [0.4, 0.5) is 0 Å². The minimum atomic E-state index is 0.291. The molecule has 1 aromatic heterocycles. The SMILES string of the molecule is c1ccc(Cn2cc(CN3CCN4CCC[C@H]4C3)c(-c3ccc4c(c3)OCO4)n2)cc1. The van der Waals surface area contributed by atoms with Gasteiger partial charge in [-0.1, -0.05) is 30.3 Å². The Labute approximate surface area is 183 Å². The zero-order chi connectivity index (χ0) is 20.6. The molecule has 6 rings (SSSR count). The van der Waals surface area contributed by atoms with E-state index in [1.165, 1.54) is 37.1 Å². The highest BCUT2D eigenvalue weighted by Gasteiger charge is 2.31. The van der Waals surface area contributed by atoms with Gasteiger partial charge in [0.1, 0.15) is 0 Å². The second kappa shape index (κ2) is 8.02. The number of rotatable bonds is 5. The first-order valence-corrected chi connectivity index (χ1v) is 11.3. The van der Waals surface area contributed by atoms with Gasteiger partial charge in [0, 0.05) is 49.5 Å².